The number of hydrogen-bond acceptors (Lipinski definition) is 4. The van der Waals surface area contributed by atoms with Crippen molar-refractivity contribution in [2.45, 2.75) is 13.3 Å². The monoisotopic (exact) mass is 471 g/mol. The van der Waals surface area contributed by atoms with Gasteiger partial charge in [0.2, 0.25) is 11.8 Å². The van der Waals surface area contributed by atoms with Gasteiger partial charge in [0.1, 0.15) is 12.2 Å². The number of benzene rings is 2. The second kappa shape index (κ2) is 10.3. The molecule has 0 heterocycles. The SMILES string of the molecule is CCOc1ccc(C=NNC(=O)CC(=O)Nc2ccc(Cl)c(Cl)c2)cc1Br. The van der Waals surface area contributed by atoms with Gasteiger partial charge in [0, 0.05) is 5.69 Å². The number of amides is 2. The molecule has 0 atom stereocenters. The van der Waals surface area contributed by atoms with Crippen LogP contribution in [0.4, 0.5) is 5.69 Å². The van der Waals surface area contributed by atoms with E-state index in [2.05, 4.69) is 31.8 Å². The predicted octanol–water partition coefficient (Wildman–Crippen LogP) is 4.63. The maximum Gasteiger partial charge on any atom is 0.249 e. The molecule has 9 heteroatoms. The van der Waals surface area contributed by atoms with E-state index < -0.39 is 11.8 Å². The van der Waals surface area contributed by atoms with Crippen molar-refractivity contribution in [2.24, 2.45) is 5.10 Å². The highest BCUT2D eigenvalue weighted by atomic mass is 79.9. The Bertz CT molecular complexity index is 875. The summed E-state index contributed by atoms with van der Waals surface area (Å²) in [4.78, 5) is 23.7. The summed E-state index contributed by atoms with van der Waals surface area (Å²) in [5.41, 5.74) is 3.51. The van der Waals surface area contributed by atoms with Crippen molar-refractivity contribution in [1.82, 2.24) is 5.43 Å². The molecule has 0 radical (unpaired) electrons. The number of rotatable bonds is 7. The summed E-state index contributed by atoms with van der Waals surface area (Å²) in [6.07, 6.45) is 1.08. The van der Waals surface area contributed by atoms with Crippen LogP contribution in [-0.4, -0.2) is 24.6 Å². The van der Waals surface area contributed by atoms with Gasteiger partial charge >= 0.3 is 0 Å². The second-order valence-corrected chi connectivity index (χ2v) is 6.94. The van der Waals surface area contributed by atoms with E-state index >= 15 is 0 Å². The Morgan fingerprint density at radius 1 is 1.15 bits per heavy atom. The quantitative estimate of drug-likeness (QED) is 0.350. The van der Waals surface area contributed by atoms with Crippen molar-refractivity contribution in [1.29, 1.82) is 0 Å². The number of carbonyl (C=O) groups is 2. The Hall–Kier alpha value is -2.09. The zero-order valence-corrected chi connectivity index (χ0v) is 17.4. The van der Waals surface area contributed by atoms with Crippen molar-refractivity contribution >= 4 is 62.8 Å². The van der Waals surface area contributed by atoms with Gasteiger partial charge in [-0.2, -0.15) is 5.10 Å². The topological polar surface area (TPSA) is 79.8 Å². The van der Waals surface area contributed by atoms with Gasteiger partial charge in [-0.25, -0.2) is 5.43 Å². The number of nitrogens with one attached hydrogen (secondary N) is 2. The van der Waals surface area contributed by atoms with E-state index in [0.717, 1.165) is 15.8 Å². The standard InChI is InChI=1S/C18H16BrCl2N3O3/c1-2-27-16-6-3-11(7-13(16)19)10-22-24-18(26)9-17(25)23-12-4-5-14(20)15(21)8-12/h3-8,10H,2,9H2,1H3,(H,23,25)(H,24,26). The number of halogens is 3. The summed E-state index contributed by atoms with van der Waals surface area (Å²) in [5, 5.41) is 7.09. The van der Waals surface area contributed by atoms with Crippen LogP contribution in [0.3, 0.4) is 0 Å². The van der Waals surface area contributed by atoms with E-state index in [9.17, 15) is 9.59 Å². The normalized spacial score (nSPS) is 10.7. The first-order valence-electron chi connectivity index (χ1n) is 7.88. The summed E-state index contributed by atoms with van der Waals surface area (Å²) in [6.45, 7) is 2.46. The molecule has 6 nitrogen and oxygen atoms in total. The lowest BCUT2D eigenvalue weighted by atomic mass is 10.2. The largest absolute Gasteiger partial charge is 0.493 e. The fourth-order valence-corrected chi connectivity index (χ4v) is 2.82. The van der Waals surface area contributed by atoms with Gasteiger partial charge in [-0.3, -0.25) is 9.59 Å². The highest BCUT2D eigenvalue weighted by molar-refractivity contribution is 9.10. The zero-order chi connectivity index (χ0) is 19.8. The van der Waals surface area contributed by atoms with E-state index in [4.69, 9.17) is 27.9 Å². The lowest BCUT2D eigenvalue weighted by Gasteiger charge is -2.06. The molecule has 2 rings (SSSR count). The van der Waals surface area contributed by atoms with Gasteiger partial charge in [0.25, 0.3) is 0 Å². The molecule has 0 saturated carbocycles. The maximum absolute atomic E-state index is 11.9. The smallest absolute Gasteiger partial charge is 0.249 e. The Morgan fingerprint density at radius 2 is 1.93 bits per heavy atom. The Balaban J connectivity index is 1.84. The average Bonchev–Trinajstić information content (AvgIpc) is 2.60. The molecule has 0 unspecified atom stereocenters. The van der Waals surface area contributed by atoms with Gasteiger partial charge < -0.3 is 10.1 Å². The number of hydrogen-bond donors (Lipinski definition) is 2. The zero-order valence-electron chi connectivity index (χ0n) is 14.3. The van der Waals surface area contributed by atoms with Crippen LogP contribution in [0.25, 0.3) is 0 Å². The predicted molar refractivity (Wildman–Crippen MR) is 111 cm³/mol. The molecule has 0 saturated heterocycles. The summed E-state index contributed by atoms with van der Waals surface area (Å²) in [7, 11) is 0. The minimum Gasteiger partial charge on any atom is -0.493 e. The number of nitrogens with zero attached hydrogens (tertiary/aromatic N) is 1. The van der Waals surface area contributed by atoms with E-state index in [1.165, 1.54) is 12.3 Å². The van der Waals surface area contributed by atoms with Gasteiger partial charge in [0.05, 0.1) is 27.3 Å². The minimum atomic E-state index is -0.547. The Labute approximate surface area is 175 Å². The van der Waals surface area contributed by atoms with Crippen LogP contribution in [0.15, 0.2) is 46.0 Å². The summed E-state index contributed by atoms with van der Waals surface area (Å²) in [6, 6.07) is 10.0. The number of hydrazone groups is 1. The van der Waals surface area contributed by atoms with Crippen LogP contribution in [0, 0.1) is 0 Å². The van der Waals surface area contributed by atoms with E-state index in [-0.39, 0.29) is 6.42 Å². The van der Waals surface area contributed by atoms with Crippen molar-refractivity contribution < 1.29 is 14.3 Å². The van der Waals surface area contributed by atoms with Crippen LogP contribution in [0.5, 0.6) is 5.75 Å². The lowest BCUT2D eigenvalue weighted by Crippen LogP contribution is -2.24. The molecule has 0 spiro atoms. The molecule has 2 amide bonds. The molecule has 0 aromatic heterocycles. The Kier molecular flexibility index (Phi) is 8.09. The van der Waals surface area contributed by atoms with E-state index in [1.54, 1.807) is 30.3 Å². The Morgan fingerprint density at radius 3 is 2.59 bits per heavy atom. The van der Waals surface area contributed by atoms with Crippen molar-refractivity contribution in [3.05, 3.63) is 56.5 Å². The molecule has 0 aliphatic carbocycles. The van der Waals surface area contributed by atoms with Crippen LogP contribution >= 0.6 is 39.1 Å². The first kappa shape index (κ1) is 21.2. The van der Waals surface area contributed by atoms with E-state index in [0.29, 0.717) is 22.3 Å². The van der Waals surface area contributed by atoms with Crippen molar-refractivity contribution in [2.75, 3.05) is 11.9 Å². The molecule has 0 bridgehead atoms. The van der Waals surface area contributed by atoms with Crippen LogP contribution in [0.1, 0.15) is 18.9 Å². The second-order valence-electron chi connectivity index (χ2n) is 5.27. The maximum atomic E-state index is 11.9. The highest BCUT2D eigenvalue weighted by Crippen LogP contribution is 2.26. The summed E-state index contributed by atoms with van der Waals surface area (Å²) < 4.78 is 6.20. The lowest BCUT2D eigenvalue weighted by molar-refractivity contribution is -0.126. The van der Waals surface area contributed by atoms with Crippen LogP contribution in [-0.2, 0) is 9.59 Å². The van der Waals surface area contributed by atoms with Gasteiger partial charge in [0.15, 0.2) is 0 Å². The van der Waals surface area contributed by atoms with Crippen LogP contribution in [0.2, 0.25) is 10.0 Å². The van der Waals surface area contributed by atoms with Crippen molar-refractivity contribution in [3.63, 3.8) is 0 Å². The number of anilines is 1. The fraction of sp³-hybridized carbons (Fsp3) is 0.167. The van der Waals surface area contributed by atoms with Gasteiger partial charge in [-0.15, -0.1) is 0 Å². The molecule has 142 valence electrons. The molecule has 2 aromatic carbocycles. The third-order valence-electron chi connectivity index (χ3n) is 3.18. The average molecular weight is 473 g/mol. The molecule has 0 aliphatic rings. The molecule has 0 aliphatic heterocycles. The minimum absolute atomic E-state index is 0.310. The molecule has 0 fully saturated rings. The highest BCUT2D eigenvalue weighted by Gasteiger charge is 2.10. The van der Waals surface area contributed by atoms with Crippen molar-refractivity contribution in [3.8, 4) is 5.75 Å². The fourth-order valence-electron chi connectivity index (χ4n) is 2.01. The third-order valence-corrected chi connectivity index (χ3v) is 4.54. The summed E-state index contributed by atoms with van der Waals surface area (Å²) in [5.74, 6) is -0.323. The van der Waals surface area contributed by atoms with E-state index in [1.807, 2.05) is 6.92 Å². The molecule has 2 aromatic rings. The molecule has 27 heavy (non-hydrogen) atoms. The first-order valence-corrected chi connectivity index (χ1v) is 9.43. The van der Waals surface area contributed by atoms with Gasteiger partial charge in [-0.05, 0) is 64.8 Å². The number of carbonyl (C=O) groups excluding carboxylic acids is 2. The molecular formula is C18H16BrCl2N3O3. The number of ether oxygens (including phenoxy) is 1. The van der Waals surface area contributed by atoms with Gasteiger partial charge in [-0.1, -0.05) is 23.2 Å². The first-order chi connectivity index (χ1) is 12.9. The molecule has 2 N–H and O–H groups in total. The molecular weight excluding hydrogens is 457 g/mol. The summed E-state index contributed by atoms with van der Waals surface area (Å²) >= 11 is 15.1. The third kappa shape index (κ3) is 6.86. The van der Waals surface area contributed by atoms with Crippen LogP contribution < -0.4 is 15.5 Å².